The molecule has 0 amide bonds. The van der Waals surface area contributed by atoms with Gasteiger partial charge in [0.1, 0.15) is 6.10 Å². The van der Waals surface area contributed by atoms with Crippen LogP contribution in [0.1, 0.15) is 52.9 Å². The maximum Gasteiger partial charge on any atom is 0.330 e. The van der Waals surface area contributed by atoms with E-state index in [-0.39, 0.29) is 24.3 Å². The summed E-state index contributed by atoms with van der Waals surface area (Å²) in [6.45, 7) is 5.76. The fourth-order valence-electron chi connectivity index (χ4n) is 2.67. The molecule has 2 aliphatic heterocycles. The van der Waals surface area contributed by atoms with Crippen molar-refractivity contribution in [2.75, 3.05) is 0 Å². The molecular formula is C15H24O4. The van der Waals surface area contributed by atoms with E-state index >= 15 is 0 Å². The number of esters is 1. The molecule has 0 aromatic heterocycles. The van der Waals surface area contributed by atoms with Gasteiger partial charge in [0.25, 0.3) is 0 Å². The number of rotatable bonds is 0. The van der Waals surface area contributed by atoms with Gasteiger partial charge in [-0.2, -0.15) is 0 Å². The number of fused-ring (bicyclic) bond motifs is 1. The average Bonchev–Trinajstić information content (AvgIpc) is 2.59. The Balaban J connectivity index is 2.05. The molecule has 0 saturated carbocycles. The maximum atomic E-state index is 11.7. The monoisotopic (exact) mass is 268 g/mol. The predicted octanol–water partition coefficient (Wildman–Crippen LogP) is 2.96. The van der Waals surface area contributed by atoms with Gasteiger partial charge in [0.2, 0.25) is 0 Å². The molecule has 19 heavy (non-hydrogen) atoms. The molecule has 2 rings (SSSR count). The van der Waals surface area contributed by atoms with Gasteiger partial charge in [-0.25, -0.2) is 4.79 Å². The molecule has 0 aromatic carbocycles. The smallest absolute Gasteiger partial charge is 0.330 e. The number of hydrogen-bond acceptors (Lipinski definition) is 4. The van der Waals surface area contributed by atoms with E-state index in [9.17, 15) is 4.79 Å². The van der Waals surface area contributed by atoms with E-state index in [1.165, 1.54) is 6.08 Å². The van der Waals surface area contributed by atoms with E-state index < -0.39 is 5.79 Å². The van der Waals surface area contributed by atoms with E-state index in [1.54, 1.807) is 6.08 Å². The van der Waals surface area contributed by atoms with Crippen molar-refractivity contribution in [3.63, 3.8) is 0 Å². The molecule has 2 heterocycles. The van der Waals surface area contributed by atoms with Crippen molar-refractivity contribution in [2.45, 2.75) is 77.0 Å². The lowest BCUT2D eigenvalue weighted by atomic mass is 10.0. The van der Waals surface area contributed by atoms with Crippen LogP contribution in [0.25, 0.3) is 0 Å². The lowest BCUT2D eigenvalue weighted by molar-refractivity contribution is -0.144. The number of carbonyl (C=O) groups is 1. The molecular weight excluding hydrogens is 244 g/mol. The van der Waals surface area contributed by atoms with Gasteiger partial charge in [-0.3, -0.25) is 0 Å². The first-order chi connectivity index (χ1) is 8.96. The van der Waals surface area contributed by atoms with Crippen LogP contribution in [0.2, 0.25) is 0 Å². The molecule has 1 saturated heterocycles. The van der Waals surface area contributed by atoms with E-state index in [0.717, 1.165) is 32.1 Å². The third kappa shape index (κ3) is 4.32. The summed E-state index contributed by atoms with van der Waals surface area (Å²) in [7, 11) is 0. The molecule has 108 valence electrons. The zero-order valence-electron chi connectivity index (χ0n) is 12.1. The predicted molar refractivity (Wildman–Crippen MR) is 71.6 cm³/mol. The largest absolute Gasteiger partial charge is 0.460 e. The zero-order chi connectivity index (χ0) is 13.9. The molecule has 0 radical (unpaired) electrons. The summed E-state index contributed by atoms with van der Waals surface area (Å²) >= 11 is 0. The minimum Gasteiger partial charge on any atom is -0.460 e. The van der Waals surface area contributed by atoms with Crippen LogP contribution in [0, 0.1) is 0 Å². The Morgan fingerprint density at radius 3 is 2.68 bits per heavy atom. The van der Waals surface area contributed by atoms with Gasteiger partial charge in [0.05, 0.1) is 12.2 Å². The van der Waals surface area contributed by atoms with Crippen molar-refractivity contribution in [1.82, 2.24) is 0 Å². The van der Waals surface area contributed by atoms with E-state index in [1.807, 2.05) is 20.8 Å². The Kier molecular flexibility index (Phi) is 4.63. The highest BCUT2D eigenvalue weighted by Crippen LogP contribution is 2.32. The first kappa shape index (κ1) is 14.5. The van der Waals surface area contributed by atoms with Gasteiger partial charge in [-0.05, 0) is 46.1 Å². The van der Waals surface area contributed by atoms with Crippen LogP contribution in [-0.2, 0) is 19.0 Å². The molecule has 2 aliphatic rings. The summed E-state index contributed by atoms with van der Waals surface area (Å²) in [6.07, 6.45) is 8.36. The fourth-order valence-corrected chi connectivity index (χ4v) is 2.67. The highest BCUT2D eigenvalue weighted by Gasteiger charge is 2.39. The van der Waals surface area contributed by atoms with Crippen molar-refractivity contribution >= 4 is 5.97 Å². The number of ether oxygens (including phenoxy) is 3. The quantitative estimate of drug-likeness (QED) is 0.634. The third-order valence-electron chi connectivity index (χ3n) is 3.56. The first-order valence-electron chi connectivity index (χ1n) is 7.21. The van der Waals surface area contributed by atoms with Crippen LogP contribution in [0.15, 0.2) is 12.2 Å². The van der Waals surface area contributed by atoms with Gasteiger partial charge >= 0.3 is 5.97 Å². The molecule has 0 spiro atoms. The van der Waals surface area contributed by atoms with E-state index in [4.69, 9.17) is 14.2 Å². The second kappa shape index (κ2) is 6.06. The SMILES string of the molecule is C[C@@H]1CCCCC[C@@H]2OC(C)(C)O[C@@H]2/C=C/C(=O)O1. The maximum absolute atomic E-state index is 11.7. The molecule has 1 fully saturated rings. The minimum atomic E-state index is -0.572. The summed E-state index contributed by atoms with van der Waals surface area (Å²) in [6, 6.07) is 0. The first-order valence-corrected chi connectivity index (χ1v) is 7.21. The summed E-state index contributed by atoms with van der Waals surface area (Å²) in [5.41, 5.74) is 0. The number of carbonyl (C=O) groups excluding carboxylic acids is 1. The Hall–Kier alpha value is -0.870. The van der Waals surface area contributed by atoms with Crippen LogP contribution in [0.4, 0.5) is 0 Å². The Labute approximate surface area is 115 Å². The van der Waals surface area contributed by atoms with Crippen molar-refractivity contribution < 1.29 is 19.0 Å². The topological polar surface area (TPSA) is 44.8 Å². The normalized spacial score (nSPS) is 37.6. The Morgan fingerprint density at radius 1 is 1.16 bits per heavy atom. The minimum absolute atomic E-state index is 0.00967. The summed E-state index contributed by atoms with van der Waals surface area (Å²) in [5, 5.41) is 0. The molecule has 4 heteroatoms. The Morgan fingerprint density at radius 2 is 1.89 bits per heavy atom. The van der Waals surface area contributed by atoms with Crippen molar-refractivity contribution in [3.8, 4) is 0 Å². The van der Waals surface area contributed by atoms with Crippen molar-refractivity contribution in [1.29, 1.82) is 0 Å². The van der Waals surface area contributed by atoms with Crippen LogP contribution < -0.4 is 0 Å². The van der Waals surface area contributed by atoms with Crippen LogP contribution >= 0.6 is 0 Å². The van der Waals surface area contributed by atoms with Crippen LogP contribution in [0.3, 0.4) is 0 Å². The zero-order valence-corrected chi connectivity index (χ0v) is 12.1. The van der Waals surface area contributed by atoms with Crippen LogP contribution in [-0.4, -0.2) is 30.1 Å². The van der Waals surface area contributed by atoms with Gasteiger partial charge in [-0.15, -0.1) is 0 Å². The van der Waals surface area contributed by atoms with Gasteiger partial charge in [0.15, 0.2) is 5.79 Å². The number of cyclic esters (lactones) is 1. The molecule has 4 nitrogen and oxygen atoms in total. The second-order valence-electron chi connectivity index (χ2n) is 5.88. The fraction of sp³-hybridized carbons (Fsp3) is 0.800. The highest BCUT2D eigenvalue weighted by molar-refractivity contribution is 5.82. The van der Waals surface area contributed by atoms with Gasteiger partial charge in [0, 0.05) is 6.08 Å². The molecule has 0 N–H and O–H groups in total. The van der Waals surface area contributed by atoms with E-state index in [0.29, 0.717) is 0 Å². The third-order valence-corrected chi connectivity index (χ3v) is 3.56. The van der Waals surface area contributed by atoms with Crippen molar-refractivity contribution in [3.05, 3.63) is 12.2 Å². The second-order valence-corrected chi connectivity index (χ2v) is 5.88. The Bertz CT molecular complexity index is 348. The van der Waals surface area contributed by atoms with E-state index in [2.05, 4.69) is 0 Å². The van der Waals surface area contributed by atoms with Gasteiger partial charge in [-0.1, -0.05) is 12.8 Å². The molecule has 0 unspecified atom stereocenters. The highest BCUT2D eigenvalue weighted by atomic mass is 16.7. The number of hydrogen-bond donors (Lipinski definition) is 0. The molecule has 3 atom stereocenters. The van der Waals surface area contributed by atoms with Gasteiger partial charge < -0.3 is 14.2 Å². The summed E-state index contributed by atoms with van der Waals surface area (Å²) < 4.78 is 17.0. The lowest BCUT2D eigenvalue weighted by Crippen LogP contribution is -2.22. The van der Waals surface area contributed by atoms with Crippen molar-refractivity contribution in [2.24, 2.45) is 0 Å². The average molecular weight is 268 g/mol. The standard InChI is InChI=1S/C15H24O4/c1-11-7-5-4-6-8-12-13(9-10-14(16)17-11)19-15(2,3)18-12/h9-13H,4-8H2,1-3H3/b10-9+/t11-,12+,13-/m1/s1. The molecule has 0 aliphatic carbocycles. The summed E-state index contributed by atoms with van der Waals surface area (Å²) in [5.74, 6) is -0.864. The molecule has 0 bridgehead atoms. The molecule has 0 aromatic rings. The van der Waals surface area contributed by atoms with Crippen LogP contribution in [0.5, 0.6) is 0 Å². The summed E-state index contributed by atoms with van der Waals surface area (Å²) in [4.78, 5) is 11.7. The lowest BCUT2D eigenvalue weighted by Gasteiger charge is -2.17.